The summed E-state index contributed by atoms with van der Waals surface area (Å²) in [7, 11) is -1.37. The van der Waals surface area contributed by atoms with Crippen molar-refractivity contribution in [2.75, 3.05) is 14.2 Å². The van der Waals surface area contributed by atoms with Crippen molar-refractivity contribution in [3.8, 4) is 11.5 Å². The van der Waals surface area contributed by atoms with Crippen LogP contribution in [0.15, 0.2) is 32.7 Å². The van der Waals surface area contributed by atoms with E-state index in [9.17, 15) is 18.0 Å². The van der Waals surface area contributed by atoms with Crippen LogP contribution in [0.4, 0.5) is 0 Å². The molecule has 0 aliphatic rings. The van der Waals surface area contributed by atoms with Crippen molar-refractivity contribution in [1.29, 1.82) is 0 Å². The molecule has 0 radical (unpaired) electrons. The SMILES string of the molecule is CCCCn1c(=O)c2c(nc(C)n2S(=O)(=O)c2ccc(OC)c(OC)c2)n(CCCC)c1=O. The van der Waals surface area contributed by atoms with Crippen molar-refractivity contribution in [3.63, 3.8) is 0 Å². The molecule has 2 aromatic heterocycles. The first-order valence-electron chi connectivity index (χ1n) is 10.9. The molecule has 0 aliphatic carbocycles. The molecule has 0 amide bonds. The fourth-order valence-electron chi connectivity index (χ4n) is 3.73. The number of hydrogen-bond donors (Lipinski definition) is 0. The van der Waals surface area contributed by atoms with Gasteiger partial charge in [0.15, 0.2) is 22.7 Å². The largest absolute Gasteiger partial charge is 0.493 e. The molecule has 0 saturated heterocycles. The first-order chi connectivity index (χ1) is 15.7. The Balaban J connectivity index is 2.37. The molecule has 3 rings (SSSR count). The van der Waals surface area contributed by atoms with Crippen LogP contribution in [-0.4, -0.2) is 40.7 Å². The van der Waals surface area contributed by atoms with Gasteiger partial charge in [-0.3, -0.25) is 13.9 Å². The zero-order chi connectivity index (χ0) is 24.3. The van der Waals surface area contributed by atoms with E-state index in [2.05, 4.69) is 4.98 Å². The molecular formula is C22H30N4O6S. The number of aryl methyl sites for hydroxylation is 2. The fraction of sp³-hybridized carbons (Fsp3) is 0.500. The third kappa shape index (κ3) is 4.29. The Morgan fingerprint density at radius 3 is 2.12 bits per heavy atom. The van der Waals surface area contributed by atoms with E-state index in [1.54, 1.807) is 0 Å². The number of benzene rings is 1. The van der Waals surface area contributed by atoms with Crippen LogP contribution in [0.25, 0.3) is 11.2 Å². The van der Waals surface area contributed by atoms with Crippen LogP contribution in [0.5, 0.6) is 11.5 Å². The highest BCUT2D eigenvalue weighted by Crippen LogP contribution is 2.31. The topological polar surface area (TPSA) is 114 Å². The van der Waals surface area contributed by atoms with Gasteiger partial charge >= 0.3 is 5.69 Å². The summed E-state index contributed by atoms with van der Waals surface area (Å²) in [5.41, 5.74) is -1.19. The highest BCUT2D eigenvalue weighted by Gasteiger charge is 2.28. The summed E-state index contributed by atoms with van der Waals surface area (Å²) in [6.07, 6.45) is 2.91. The normalized spacial score (nSPS) is 11.8. The van der Waals surface area contributed by atoms with Crippen LogP contribution in [0.1, 0.15) is 45.4 Å². The number of unbranched alkanes of at least 4 members (excludes halogenated alkanes) is 2. The molecule has 33 heavy (non-hydrogen) atoms. The Bertz CT molecular complexity index is 1380. The van der Waals surface area contributed by atoms with Crippen LogP contribution < -0.4 is 20.7 Å². The number of nitrogens with zero attached hydrogens (tertiary/aromatic N) is 4. The average molecular weight is 479 g/mol. The molecule has 1 aromatic carbocycles. The van der Waals surface area contributed by atoms with Gasteiger partial charge in [0, 0.05) is 19.2 Å². The number of methoxy groups -OCH3 is 2. The summed E-state index contributed by atoms with van der Waals surface area (Å²) in [6, 6.07) is 4.20. The van der Waals surface area contributed by atoms with E-state index in [0.29, 0.717) is 25.1 Å². The molecule has 3 aromatic rings. The van der Waals surface area contributed by atoms with E-state index >= 15 is 0 Å². The van der Waals surface area contributed by atoms with E-state index in [0.717, 1.165) is 21.4 Å². The van der Waals surface area contributed by atoms with Crippen molar-refractivity contribution in [3.05, 3.63) is 44.9 Å². The number of imidazole rings is 1. The van der Waals surface area contributed by atoms with Crippen molar-refractivity contribution in [2.24, 2.45) is 0 Å². The maximum Gasteiger partial charge on any atom is 0.332 e. The molecule has 10 nitrogen and oxygen atoms in total. The van der Waals surface area contributed by atoms with Crippen molar-refractivity contribution < 1.29 is 17.9 Å². The van der Waals surface area contributed by atoms with Gasteiger partial charge in [0.2, 0.25) is 0 Å². The number of aromatic nitrogens is 4. The lowest BCUT2D eigenvalue weighted by atomic mass is 10.3. The Morgan fingerprint density at radius 1 is 0.939 bits per heavy atom. The van der Waals surface area contributed by atoms with Crippen molar-refractivity contribution >= 4 is 21.2 Å². The molecule has 0 spiro atoms. The van der Waals surface area contributed by atoms with Gasteiger partial charge in [0.05, 0.1) is 19.1 Å². The lowest BCUT2D eigenvalue weighted by Gasteiger charge is -2.14. The molecule has 11 heteroatoms. The predicted octanol–water partition coefficient (Wildman–Crippen LogP) is 2.52. The van der Waals surface area contributed by atoms with Gasteiger partial charge in [-0.15, -0.1) is 0 Å². The first-order valence-corrected chi connectivity index (χ1v) is 12.4. The summed E-state index contributed by atoms with van der Waals surface area (Å²) in [5, 5.41) is 0. The van der Waals surface area contributed by atoms with Gasteiger partial charge in [-0.1, -0.05) is 26.7 Å². The number of fused-ring (bicyclic) bond motifs is 1. The fourth-order valence-corrected chi connectivity index (χ4v) is 5.23. The smallest absolute Gasteiger partial charge is 0.332 e. The van der Waals surface area contributed by atoms with Gasteiger partial charge in [-0.25, -0.2) is 22.2 Å². The van der Waals surface area contributed by atoms with Gasteiger partial charge in [-0.2, -0.15) is 0 Å². The summed E-state index contributed by atoms with van der Waals surface area (Å²) >= 11 is 0. The Kier molecular flexibility index (Phi) is 7.31. The number of rotatable bonds is 10. The molecule has 180 valence electrons. The Hall–Kier alpha value is -3.08. The second kappa shape index (κ2) is 9.82. The average Bonchev–Trinajstić information content (AvgIpc) is 3.16. The van der Waals surface area contributed by atoms with Crippen molar-refractivity contribution in [1.82, 2.24) is 18.1 Å². The molecule has 0 bridgehead atoms. The summed E-state index contributed by atoms with van der Waals surface area (Å²) < 4.78 is 41.2. The molecule has 0 atom stereocenters. The van der Waals surface area contributed by atoms with Crippen molar-refractivity contribution in [2.45, 2.75) is 64.4 Å². The first kappa shape index (κ1) is 24.6. The third-order valence-electron chi connectivity index (χ3n) is 5.51. The van der Waals surface area contributed by atoms with E-state index < -0.39 is 21.3 Å². The summed E-state index contributed by atoms with van der Waals surface area (Å²) in [5.74, 6) is 0.703. The second-order valence-corrected chi connectivity index (χ2v) is 9.50. The predicted molar refractivity (Wildman–Crippen MR) is 125 cm³/mol. The van der Waals surface area contributed by atoms with E-state index in [1.807, 2.05) is 13.8 Å². The monoisotopic (exact) mass is 478 g/mol. The number of ether oxygens (including phenoxy) is 2. The number of hydrogen-bond acceptors (Lipinski definition) is 7. The molecular weight excluding hydrogens is 448 g/mol. The maximum atomic E-state index is 13.7. The molecule has 0 N–H and O–H groups in total. The van der Waals surface area contributed by atoms with Gasteiger partial charge in [-0.05, 0) is 31.9 Å². The van der Waals surface area contributed by atoms with Gasteiger partial charge in [0.1, 0.15) is 5.82 Å². The lowest BCUT2D eigenvalue weighted by molar-refractivity contribution is 0.354. The molecule has 0 saturated carbocycles. The molecule has 0 aliphatic heterocycles. The zero-order valence-corrected chi connectivity index (χ0v) is 20.4. The summed E-state index contributed by atoms with van der Waals surface area (Å²) in [6.45, 7) is 5.99. The zero-order valence-electron chi connectivity index (χ0n) is 19.6. The highest BCUT2D eigenvalue weighted by atomic mass is 32.2. The minimum Gasteiger partial charge on any atom is -0.493 e. The van der Waals surface area contributed by atoms with Gasteiger partial charge in [0.25, 0.3) is 15.6 Å². The Labute approximate surface area is 192 Å². The van der Waals surface area contributed by atoms with Crippen LogP contribution in [0, 0.1) is 6.92 Å². The van der Waals surface area contributed by atoms with Crippen LogP contribution in [0.2, 0.25) is 0 Å². The van der Waals surface area contributed by atoms with E-state index in [1.165, 1.54) is 43.9 Å². The van der Waals surface area contributed by atoms with Crippen LogP contribution in [0.3, 0.4) is 0 Å². The van der Waals surface area contributed by atoms with E-state index in [-0.39, 0.29) is 34.2 Å². The third-order valence-corrected chi connectivity index (χ3v) is 7.28. The minimum absolute atomic E-state index is 0.0766. The van der Waals surface area contributed by atoms with Gasteiger partial charge < -0.3 is 9.47 Å². The maximum absolute atomic E-state index is 13.7. The quantitative estimate of drug-likeness (QED) is 0.440. The molecule has 2 heterocycles. The standard InChI is InChI=1S/C22H30N4O6S/c1-6-8-12-24-20-19(21(27)25(22(24)28)13-9-7-2)26(15(3)23-20)33(29,30)16-10-11-17(31-4)18(14-16)32-5/h10-11,14H,6-9,12-13H2,1-5H3. The highest BCUT2D eigenvalue weighted by molar-refractivity contribution is 7.90. The van der Waals surface area contributed by atoms with Crippen LogP contribution >= 0.6 is 0 Å². The molecule has 0 fully saturated rings. The lowest BCUT2D eigenvalue weighted by Crippen LogP contribution is -2.41. The van der Waals surface area contributed by atoms with E-state index in [4.69, 9.17) is 9.47 Å². The summed E-state index contributed by atoms with van der Waals surface area (Å²) in [4.78, 5) is 30.8. The molecule has 0 unspecified atom stereocenters. The second-order valence-electron chi connectivity index (χ2n) is 7.72. The minimum atomic E-state index is -4.23. The Morgan fingerprint density at radius 2 is 1.55 bits per heavy atom. The van der Waals surface area contributed by atoms with Crippen LogP contribution in [-0.2, 0) is 23.1 Å².